The fourth-order valence-corrected chi connectivity index (χ4v) is 3.94. The molecule has 0 aromatic heterocycles. The summed E-state index contributed by atoms with van der Waals surface area (Å²) >= 11 is 12.3. The van der Waals surface area contributed by atoms with Crippen molar-refractivity contribution in [1.82, 2.24) is 4.90 Å². The van der Waals surface area contributed by atoms with Crippen LogP contribution in [0, 0.1) is 11.8 Å². The van der Waals surface area contributed by atoms with Gasteiger partial charge in [-0.3, -0.25) is 4.79 Å². The summed E-state index contributed by atoms with van der Waals surface area (Å²) in [5.74, 6) is 0.952. The number of nitrogens with two attached hydrogens (primary N) is 1. The summed E-state index contributed by atoms with van der Waals surface area (Å²) in [6.45, 7) is 3.68. The van der Waals surface area contributed by atoms with E-state index in [0.717, 1.165) is 37.9 Å². The van der Waals surface area contributed by atoms with Crippen molar-refractivity contribution >= 4 is 29.1 Å². The molecule has 4 atom stereocenters. The number of amides is 1. The Bertz CT molecular complexity index is 576. The van der Waals surface area contributed by atoms with Gasteiger partial charge in [0.25, 0.3) is 0 Å². The smallest absolute Gasteiger partial charge is 0.226 e. The molecule has 2 fully saturated rings. The van der Waals surface area contributed by atoms with Crippen LogP contribution >= 0.6 is 23.2 Å². The number of likely N-dealkylation sites (tertiary alicyclic amines) is 1. The zero-order valence-electron chi connectivity index (χ0n) is 12.8. The molecule has 22 heavy (non-hydrogen) atoms. The molecule has 1 aliphatic carbocycles. The van der Waals surface area contributed by atoms with E-state index >= 15 is 0 Å². The maximum Gasteiger partial charge on any atom is 0.226 e. The number of nitrogens with zero attached hydrogens (tertiary/aromatic N) is 1. The predicted molar refractivity (Wildman–Crippen MR) is 90.3 cm³/mol. The lowest BCUT2D eigenvalue weighted by Gasteiger charge is -2.35. The van der Waals surface area contributed by atoms with Crippen LogP contribution in [0.1, 0.15) is 37.7 Å². The third-order valence-corrected chi connectivity index (χ3v) is 5.84. The molecule has 0 radical (unpaired) electrons. The average Bonchev–Trinajstić information content (AvgIpc) is 3.29. The first-order valence-corrected chi connectivity index (χ1v) is 8.73. The summed E-state index contributed by atoms with van der Waals surface area (Å²) in [5.41, 5.74) is 7.01. The Kier molecular flexibility index (Phi) is 4.67. The molecule has 2 N–H and O–H groups in total. The second-order valence-corrected chi connectivity index (χ2v) is 7.42. The Hall–Kier alpha value is -0.770. The van der Waals surface area contributed by atoms with Crippen molar-refractivity contribution in [1.29, 1.82) is 0 Å². The minimum atomic E-state index is 0.0581. The van der Waals surface area contributed by atoms with Gasteiger partial charge in [0.05, 0.1) is 10.0 Å². The van der Waals surface area contributed by atoms with Crippen LogP contribution in [0.3, 0.4) is 0 Å². The number of hydrogen-bond acceptors (Lipinski definition) is 2. The van der Waals surface area contributed by atoms with Gasteiger partial charge in [0.1, 0.15) is 0 Å². The summed E-state index contributed by atoms with van der Waals surface area (Å²) in [4.78, 5) is 14.7. The van der Waals surface area contributed by atoms with Gasteiger partial charge in [-0.2, -0.15) is 0 Å². The maximum atomic E-state index is 12.7. The van der Waals surface area contributed by atoms with Gasteiger partial charge in [0.15, 0.2) is 0 Å². The number of rotatable bonds is 3. The van der Waals surface area contributed by atoms with Crippen molar-refractivity contribution in [3.63, 3.8) is 0 Å². The normalized spacial score (nSPS) is 29.3. The van der Waals surface area contributed by atoms with Crippen molar-refractivity contribution in [2.45, 2.75) is 38.1 Å². The van der Waals surface area contributed by atoms with Gasteiger partial charge in [0, 0.05) is 25.0 Å². The van der Waals surface area contributed by atoms with E-state index in [1.165, 1.54) is 0 Å². The molecule has 1 saturated heterocycles. The van der Waals surface area contributed by atoms with E-state index in [4.69, 9.17) is 28.9 Å². The molecule has 4 unspecified atom stereocenters. The Morgan fingerprint density at radius 2 is 2.18 bits per heavy atom. The Morgan fingerprint density at radius 3 is 2.91 bits per heavy atom. The SMILES string of the molecule is CC(N)C1CCCN(C(=O)C2CC2c2cccc(Cl)c2Cl)C1. The topological polar surface area (TPSA) is 46.3 Å². The third kappa shape index (κ3) is 3.12. The lowest BCUT2D eigenvalue weighted by molar-refractivity contribution is -0.134. The van der Waals surface area contributed by atoms with Crippen LogP contribution in [0.4, 0.5) is 0 Å². The first kappa shape index (κ1) is 16.1. The quantitative estimate of drug-likeness (QED) is 0.912. The van der Waals surface area contributed by atoms with Crippen LogP contribution in [-0.2, 0) is 4.79 Å². The van der Waals surface area contributed by atoms with E-state index in [1.54, 1.807) is 6.07 Å². The number of benzene rings is 1. The molecule has 1 saturated carbocycles. The fourth-order valence-electron chi connectivity index (χ4n) is 3.49. The zero-order valence-corrected chi connectivity index (χ0v) is 14.3. The number of halogens is 2. The standard InChI is InChI=1S/C17H22Cl2N2O/c1-10(20)11-4-3-7-21(9-11)17(22)14-8-13(14)12-5-2-6-15(18)16(12)19/h2,5-6,10-11,13-14H,3-4,7-9,20H2,1H3. The van der Waals surface area contributed by atoms with Gasteiger partial charge in [-0.15, -0.1) is 0 Å². The molecule has 0 bridgehead atoms. The molecule has 1 heterocycles. The van der Waals surface area contributed by atoms with Crippen LogP contribution < -0.4 is 5.73 Å². The molecule has 5 heteroatoms. The maximum absolute atomic E-state index is 12.7. The van der Waals surface area contributed by atoms with Gasteiger partial charge < -0.3 is 10.6 Å². The van der Waals surface area contributed by atoms with E-state index in [9.17, 15) is 4.79 Å². The van der Waals surface area contributed by atoms with E-state index in [2.05, 4.69) is 0 Å². The number of piperidine rings is 1. The van der Waals surface area contributed by atoms with Crippen molar-refractivity contribution in [2.75, 3.05) is 13.1 Å². The number of carbonyl (C=O) groups excluding carboxylic acids is 1. The van der Waals surface area contributed by atoms with E-state index in [-0.39, 0.29) is 23.8 Å². The molecular formula is C17H22Cl2N2O. The van der Waals surface area contributed by atoms with Crippen LogP contribution in [0.25, 0.3) is 0 Å². The zero-order chi connectivity index (χ0) is 15.9. The minimum absolute atomic E-state index is 0.0581. The molecule has 1 aliphatic heterocycles. The highest BCUT2D eigenvalue weighted by Gasteiger charge is 2.47. The highest BCUT2D eigenvalue weighted by molar-refractivity contribution is 6.42. The molecule has 1 aromatic rings. The largest absolute Gasteiger partial charge is 0.342 e. The van der Waals surface area contributed by atoms with Crippen molar-refractivity contribution in [2.24, 2.45) is 17.6 Å². The average molecular weight is 341 g/mol. The highest BCUT2D eigenvalue weighted by Crippen LogP contribution is 2.51. The van der Waals surface area contributed by atoms with Crippen molar-refractivity contribution < 1.29 is 4.79 Å². The summed E-state index contributed by atoms with van der Waals surface area (Å²) in [7, 11) is 0. The van der Waals surface area contributed by atoms with Gasteiger partial charge in [-0.25, -0.2) is 0 Å². The second-order valence-electron chi connectivity index (χ2n) is 6.64. The van der Waals surface area contributed by atoms with Crippen molar-refractivity contribution in [3.05, 3.63) is 33.8 Å². The van der Waals surface area contributed by atoms with Crippen LogP contribution in [0.15, 0.2) is 18.2 Å². The van der Waals surface area contributed by atoms with Crippen LogP contribution in [0.5, 0.6) is 0 Å². The van der Waals surface area contributed by atoms with Gasteiger partial charge in [0.2, 0.25) is 5.91 Å². The molecule has 0 spiro atoms. The summed E-state index contributed by atoms with van der Waals surface area (Å²) in [6.07, 6.45) is 3.04. The Labute approximate surface area is 141 Å². The second kappa shape index (κ2) is 6.38. The molecule has 3 nitrogen and oxygen atoms in total. The minimum Gasteiger partial charge on any atom is -0.342 e. The molecule has 1 aromatic carbocycles. The summed E-state index contributed by atoms with van der Waals surface area (Å²) < 4.78 is 0. The molecule has 1 amide bonds. The first-order chi connectivity index (χ1) is 10.5. The van der Waals surface area contributed by atoms with Crippen LogP contribution in [0.2, 0.25) is 10.0 Å². The van der Waals surface area contributed by atoms with E-state index in [1.807, 2.05) is 24.0 Å². The lowest BCUT2D eigenvalue weighted by Crippen LogP contribution is -2.45. The number of carbonyl (C=O) groups is 1. The molecular weight excluding hydrogens is 319 g/mol. The van der Waals surface area contributed by atoms with Crippen LogP contribution in [-0.4, -0.2) is 29.9 Å². The Morgan fingerprint density at radius 1 is 1.41 bits per heavy atom. The molecule has 120 valence electrons. The first-order valence-electron chi connectivity index (χ1n) is 7.97. The third-order valence-electron chi connectivity index (χ3n) is 5.00. The summed E-state index contributed by atoms with van der Waals surface area (Å²) in [5, 5.41) is 1.16. The molecule has 3 rings (SSSR count). The van der Waals surface area contributed by atoms with Crippen molar-refractivity contribution in [3.8, 4) is 0 Å². The highest BCUT2D eigenvalue weighted by atomic mass is 35.5. The van der Waals surface area contributed by atoms with Gasteiger partial charge in [-0.05, 0) is 49.7 Å². The van der Waals surface area contributed by atoms with E-state index < -0.39 is 0 Å². The monoisotopic (exact) mass is 340 g/mol. The Balaban J connectivity index is 1.66. The fraction of sp³-hybridized carbons (Fsp3) is 0.588. The lowest BCUT2D eigenvalue weighted by atomic mass is 9.92. The summed E-state index contributed by atoms with van der Waals surface area (Å²) in [6, 6.07) is 5.81. The van der Waals surface area contributed by atoms with Gasteiger partial charge in [-0.1, -0.05) is 35.3 Å². The predicted octanol–water partition coefficient (Wildman–Crippen LogP) is 3.68. The van der Waals surface area contributed by atoms with E-state index in [0.29, 0.717) is 16.0 Å². The van der Waals surface area contributed by atoms with Gasteiger partial charge >= 0.3 is 0 Å². The number of hydrogen-bond donors (Lipinski definition) is 1. The molecule has 2 aliphatic rings.